The summed E-state index contributed by atoms with van der Waals surface area (Å²) in [6.45, 7) is 9.27. The van der Waals surface area contributed by atoms with Crippen LogP contribution in [-0.2, 0) is 6.42 Å². The second kappa shape index (κ2) is 10.9. The van der Waals surface area contributed by atoms with E-state index in [2.05, 4.69) is 51.9 Å². The topological polar surface area (TPSA) is 63.9 Å². The van der Waals surface area contributed by atoms with Crippen molar-refractivity contribution in [2.24, 2.45) is 10.9 Å². The molecule has 1 fully saturated rings. The lowest BCUT2D eigenvalue weighted by Gasteiger charge is -2.39. The lowest BCUT2D eigenvalue weighted by atomic mass is 9.93. The number of ether oxygens (including phenoxy) is 2. The lowest BCUT2D eigenvalue weighted by Crippen LogP contribution is -2.49. The Balaban J connectivity index is 0.00000256. The zero-order valence-corrected chi connectivity index (χ0v) is 20.1. The van der Waals surface area contributed by atoms with Crippen molar-refractivity contribution >= 4 is 29.9 Å². The quantitative estimate of drug-likeness (QED) is 0.369. The first-order valence-corrected chi connectivity index (χ1v) is 10.6. The van der Waals surface area contributed by atoms with Gasteiger partial charge in [-0.1, -0.05) is 13.0 Å². The molecule has 4 rings (SSSR count). The molecular weight excluding hydrogens is 493 g/mol. The van der Waals surface area contributed by atoms with Crippen LogP contribution in [0.1, 0.15) is 31.9 Å². The Labute approximate surface area is 195 Å². The number of hydrogen-bond donors (Lipinski definition) is 1. The van der Waals surface area contributed by atoms with Crippen LogP contribution in [0.15, 0.2) is 41.9 Å². The number of hydrogen-bond acceptors (Lipinski definition) is 4. The highest BCUT2D eigenvalue weighted by Gasteiger charge is 2.28. The van der Waals surface area contributed by atoms with E-state index in [4.69, 9.17) is 14.5 Å². The first-order valence-electron chi connectivity index (χ1n) is 10.6. The van der Waals surface area contributed by atoms with Crippen LogP contribution in [0.25, 0.3) is 0 Å². The van der Waals surface area contributed by atoms with Crippen molar-refractivity contribution in [2.75, 3.05) is 39.4 Å². The number of aromatic nitrogens is 2. The van der Waals surface area contributed by atoms with E-state index in [1.165, 1.54) is 5.56 Å². The number of nitrogens with one attached hydrogen (secondary N) is 1. The summed E-state index contributed by atoms with van der Waals surface area (Å²) < 4.78 is 13.5. The molecule has 2 atom stereocenters. The third-order valence-corrected chi connectivity index (χ3v) is 5.73. The van der Waals surface area contributed by atoms with E-state index < -0.39 is 0 Å². The first kappa shape index (κ1) is 22.7. The average molecular weight is 525 g/mol. The summed E-state index contributed by atoms with van der Waals surface area (Å²) >= 11 is 0. The number of nitrogens with zero attached hydrogens (tertiary/aromatic N) is 4. The Morgan fingerprint density at radius 3 is 2.87 bits per heavy atom. The number of imidazole rings is 1. The highest BCUT2D eigenvalue weighted by atomic mass is 127. The van der Waals surface area contributed by atoms with Crippen molar-refractivity contribution in [3.05, 3.63) is 42.5 Å². The minimum Gasteiger partial charge on any atom is -0.486 e. The van der Waals surface area contributed by atoms with Gasteiger partial charge in [0.25, 0.3) is 0 Å². The van der Waals surface area contributed by atoms with Gasteiger partial charge in [-0.3, -0.25) is 4.99 Å². The molecule has 7 nitrogen and oxygen atoms in total. The number of guanidine groups is 1. The standard InChI is InChI=1S/C22H31N5O2.HI/c1-3-24-22(26-10-7-17(2)19(15-26)27-11-9-23-16-27)25-8-6-18-4-5-20-21(14-18)29-13-12-28-20;/h4-5,9,11,14,16-17,19H,3,6-8,10,12-13,15H2,1-2H3,(H,24,25);1H. The van der Waals surface area contributed by atoms with Gasteiger partial charge in [0.2, 0.25) is 0 Å². The average Bonchev–Trinajstić information content (AvgIpc) is 3.28. The van der Waals surface area contributed by atoms with E-state index in [1.807, 2.05) is 18.6 Å². The summed E-state index contributed by atoms with van der Waals surface area (Å²) in [5.74, 6) is 3.31. The Kier molecular flexibility index (Phi) is 8.24. The lowest BCUT2D eigenvalue weighted by molar-refractivity contribution is 0.171. The molecular formula is C22H32IN5O2. The summed E-state index contributed by atoms with van der Waals surface area (Å²) in [5, 5.41) is 3.48. The van der Waals surface area contributed by atoms with Crippen LogP contribution in [0.5, 0.6) is 11.5 Å². The maximum absolute atomic E-state index is 5.69. The number of likely N-dealkylation sites (tertiary alicyclic amines) is 1. The molecule has 2 aliphatic heterocycles. The minimum absolute atomic E-state index is 0. The Morgan fingerprint density at radius 1 is 1.27 bits per heavy atom. The third-order valence-electron chi connectivity index (χ3n) is 5.73. The van der Waals surface area contributed by atoms with Gasteiger partial charge >= 0.3 is 0 Å². The number of benzene rings is 1. The van der Waals surface area contributed by atoms with E-state index >= 15 is 0 Å². The summed E-state index contributed by atoms with van der Waals surface area (Å²) in [7, 11) is 0. The molecule has 0 aliphatic carbocycles. The summed E-state index contributed by atoms with van der Waals surface area (Å²) in [4.78, 5) is 11.5. The van der Waals surface area contributed by atoms with Crippen molar-refractivity contribution in [1.29, 1.82) is 0 Å². The molecule has 0 amide bonds. The molecule has 2 unspecified atom stereocenters. The minimum atomic E-state index is 0. The SMILES string of the molecule is CCNC(=NCCc1ccc2c(c1)OCCO2)N1CCC(C)C(n2ccnc2)C1.I. The molecule has 8 heteroatoms. The maximum atomic E-state index is 5.69. The van der Waals surface area contributed by atoms with Gasteiger partial charge in [-0.2, -0.15) is 0 Å². The van der Waals surface area contributed by atoms with Gasteiger partial charge in [-0.05, 0) is 43.4 Å². The number of aliphatic imine (C=N–C) groups is 1. The molecule has 0 spiro atoms. The van der Waals surface area contributed by atoms with Crippen LogP contribution < -0.4 is 14.8 Å². The maximum Gasteiger partial charge on any atom is 0.193 e. The predicted molar refractivity (Wildman–Crippen MR) is 129 cm³/mol. The zero-order valence-electron chi connectivity index (χ0n) is 17.8. The summed E-state index contributed by atoms with van der Waals surface area (Å²) in [6, 6.07) is 6.61. The molecule has 1 saturated heterocycles. The number of rotatable bonds is 5. The smallest absolute Gasteiger partial charge is 0.193 e. The van der Waals surface area contributed by atoms with Crippen LogP contribution in [0.4, 0.5) is 0 Å². The number of halogens is 1. The first-order chi connectivity index (χ1) is 14.2. The van der Waals surface area contributed by atoms with Crippen LogP contribution in [0.2, 0.25) is 0 Å². The molecule has 3 heterocycles. The van der Waals surface area contributed by atoms with Gasteiger partial charge < -0.3 is 24.3 Å². The molecule has 0 saturated carbocycles. The molecule has 1 N–H and O–H groups in total. The fourth-order valence-corrected chi connectivity index (χ4v) is 4.05. The largest absolute Gasteiger partial charge is 0.486 e. The molecule has 1 aromatic heterocycles. The van der Waals surface area contributed by atoms with E-state index in [9.17, 15) is 0 Å². The van der Waals surface area contributed by atoms with Gasteiger partial charge in [0.05, 0.1) is 12.4 Å². The third kappa shape index (κ3) is 5.39. The van der Waals surface area contributed by atoms with Crippen molar-refractivity contribution in [2.45, 2.75) is 32.7 Å². The van der Waals surface area contributed by atoms with Crippen LogP contribution in [0, 0.1) is 5.92 Å². The molecule has 30 heavy (non-hydrogen) atoms. The van der Waals surface area contributed by atoms with Crippen LogP contribution in [-0.4, -0.2) is 59.8 Å². The molecule has 1 aromatic carbocycles. The van der Waals surface area contributed by atoms with Gasteiger partial charge in [0.1, 0.15) is 13.2 Å². The normalized spacial score (nSPS) is 21.1. The van der Waals surface area contributed by atoms with E-state index in [-0.39, 0.29) is 24.0 Å². The van der Waals surface area contributed by atoms with E-state index in [0.717, 1.165) is 56.5 Å². The van der Waals surface area contributed by atoms with Crippen LogP contribution >= 0.6 is 24.0 Å². The van der Waals surface area contributed by atoms with Crippen molar-refractivity contribution in [1.82, 2.24) is 19.8 Å². The summed E-state index contributed by atoms with van der Waals surface area (Å²) in [5.41, 5.74) is 1.22. The zero-order chi connectivity index (χ0) is 20.1. The van der Waals surface area contributed by atoms with Gasteiger partial charge in [-0.25, -0.2) is 4.98 Å². The van der Waals surface area contributed by atoms with Crippen molar-refractivity contribution in [3.63, 3.8) is 0 Å². The van der Waals surface area contributed by atoms with Crippen molar-refractivity contribution in [3.8, 4) is 11.5 Å². The molecule has 2 aliphatic rings. The molecule has 164 valence electrons. The monoisotopic (exact) mass is 525 g/mol. The molecule has 0 radical (unpaired) electrons. The highest BCUT2D eigenvalue weighted by Crippen LogP contribution is 2.31. The molecule has 0 bridgehead atoms. The second-order valence-corrected chi connectivity index (χ2v) is 7.75. The second-order valence-electron chi connectivity index (χ2n) is 7.75. The Hall–Kier alpha value is -1.97. The van der Waals surface area contributed by atoms with Gasteiger partial charge in [-0.15, -0.1) is 24.0 Å². The highest BCUT2D eigenvalue weighted by molar-refractivity contribution is 14.0. The Morgan fingerprint density at radius 2 is 2.10 bits per heavy atom. The predicted octanol–water partition coefficient (Wildman–Crippen LogP) is 3.36. The fourth-order valence-electron chi connectivity index (χ4n) is 4.05. The molecule has 2 aromatic rings. The van der Waals surface area contributed by atoms with Gasteiger partial charge in [0, 0.05) is 38.6 Å². The fraction of sp³-hybridized carbons (Fsp3) is 0.545. The number of piperidine rings is 1. The van der Waals surface area contributed by atoms with Crippen molar-refractivity contribution < 1.29 is 9.47 Å². The van der Waals surface area contributed by atoms with Crippen LogP contribution in [0.3, 0.4) is 0 Å². The Bertz CT molecular complexity index is 827. The van der Waals surface area contributed by atoms with Gasteiger partial charge in [0.15, 0.2) is 17.5 Å². The van der Waals surface area contributed by atoms with E-state index in [0.29, 0.717) is 25.2 Å². The number of fused-ring (bicyclic) bond motifs is 1. The van der Waals surface area contributed by atoms with E-state index in [1.54, 1.807) is 0 Å². The summed E-state index contributed by atoms with van der Waals surface area (Å²) in [6.07, 6.45) is 7.88.